The number of anilines is 2. The van der Waals surface area contributed by atoms with E-state index in [0.717, 1.165) is 29.0 Å². The fraction of sp³-hybridized carbons (Fsp3) is 0.346. The number of fused-ring (bicyclic) bond motifs is 1. The summed E-state index contributed by atoms with van der Waals surface area (Å²) in [4.78, 5) is 26.1. The Kier molecular flexibility index (Phi) is 6.20. The number of nitrogens with zero attached hydrogens (tertiary/aromatic N) is 5. The van der Waals surface area contributed by atoms with Crippen LogP contribution >= 0.6 is 0 Å². The van der Waals surface area contributed by atoms with Gasteiger partial charge in [0.25, 0.3) is 0 Å². The minimum absolute atomic E-state index is 0.0300. The van der Waals surface area contributed by atoms with Crippen molar-refractivity contribution in [3.8, 4) is 0 Å². The van der Waals surface area contributed by atoms with Gasteiger partial charge in [0.2, 0.25) is 11.6 Å². The minimum Gasteiger partial charge on any atom is -0.362 e. The number of amides is 1. The predicted molar refractivity (Wildman–Crippen MR) is 133 cm³/mol. The van der Waals surface area contributed by atoms with E-state index in [1.807, 2.05) is 61.3 Å². The van der Waals surface area contributed by atoms with Gasteiger partial charge in [-0.25, -0.2) is 9.97 Å². The van der Waals surface area contributed by atoms with Gasteiger partial charge in [0.15, 0.2) is 0 Å². The topological polar surface area (TPSA) is 97.6 Å². The van der Waals surface area contributed by atoms with Crippen molar-refractivity contribution in [2.24, 2.45) is 0 Å². The molecule has 2 N–H and O–H groups in total. The van der Waals surface area contributed by atoms with Gasteiger partial charge in [0.05, 0.1) is 24.9 Å². The molecule has 8 nitrogen and oxygen atoms in total. The van der Waals surface area contributed by atoms with Gasteiger partial charge in [-0.05, 0) is 61.9 Å². The minimum atomic E-state index is -0.0792. The number of rotatable bonds is 8. The third-order valence-electron chi connectivity index (χ3n) is 6.40. The number of carbonyl (C=O) groups is 1. The average Bonchev–Trinajstić information content (AvgIpc) is 3.22. The lowest BCUT2D eigenvalue weighted by molar-refractivity contribution is -0.115. The second-order valence-electron chi connectivity index (χ2n) is 8.88. The number of pyridine rings is 1. The number of benzene rings is 1. The van der Waals surface area contributed by atoms with Gasteiger partial charge in [-0.15, -0.1) is 0 Å². The molecule has 1 fully saturated rings. The zero-order chi connectivity index (χ0) is 23.5. The summed E-state index contributed by atoms with van der Waals surface area (Å²) in [5, 5.41) is 10.8. The van der Waals surface area contributed by atoms with Crippen LogP contribution in [0.4, 0.5) is 11.5 Å². The Hall–Kier alpha value is -3.81. The van der Waals surface area contributed by atoms with E-state index in [2.05, 4.69) is 36.8 Å². The van der Waals surface area contributed by atoms with Crippen LogP contribution in [0, 0.1) is 0 Å². The number of hydrogen-bond acceptors (Lipinski definition) is 6. The van der Waals surface area contributed by atoms with E-state index in [9.17, 15) is 4.79 Å². The summed E-state index contributed by atoms with van der Waals surface area (Å²) in [6.07, 6.45) is 9.58. The number of nitrogens with one attached hydrogen (secondary N) is 2. The highest BCUT2D eigenvalue weighted by atomic mass is 16.1. The Morgan fingerprint density at radius 2 is 2.06 bits per heavy atom. The van der Waals surface area contributed by atoms with Gasteiger partial charge >= 0.3 is 0 Å². The fourth-order valence-corrected chi connectivity index (χ4v) is 4.16. The monoisotopic (exact) mass is 455 g/mol. The van der Waals surface area contributed by atoms with Gasteiger partial charge < -0.3 is 10.6 Å². The number of hydrogen-bond donors (Lipinski definition) is 2. The highest BCUT2D eigenvalue weighted by molar-refractivity contribution is 5.92. The van der Waals surface area contributed by atoms with Crippen molar-refractivity contribution in [2.45, 2.75) is 58.0 Å². The quantitative estimate of drug-likeness (QED) is 0.394. The van der Waals surface area contributed by atoms with E-state index in [1.165, 1.54) is 24.8 Å². The highest BCUT2D eigenvalue weighted by Gasteiger charge is 2.19. The molecule has 1 amide bonds. The lowest BCUT2D eigenvalue weighted by Gasteiger charge is -2.25. The Labute approximate surface area is 198 Å². The Morgan fingerprint density at radius 3 is 2.79 bits per heavy atom. The molecule has 1 aliphatic carbocycles. The third-order valence-corrected chi connectivity index (χ3v) is 6.40. The van der Waals surface area contributed by atoms with Crippen LogP contribution in [0.2, 0.25) is 0 Å². The molecule has 0 spiro atoms. The van der Waals surface area contributed by atoms with Gasteiger partial charge in [0.1, 0.15) is 11.3 Å². The first-order chi connectivity index (χ1) is 16.6. The predicted octanol–water partition coefficient (Wildman–Crippen LogP) is 4.86. The van der Waals surface area contributed by atoms with Crippen molar-refractivity contribution < 1.29 is 4.79 Å². The smallest absolute Gasteiger partial charge is 0.230 e. The maximum atomic E-state index is 12.6. The van der Waals surface area contributed by atoms with Gasteiger partial charge in [-0.2, -0.15) is 5.10 Å². The molecule has 0 radical (unpaired) electrons. The van der Waals surface area contributed by atoms with Crippen LogP contribution in [-0.4, -0.2) is 30.6 Å². The molecule has 1 aliphatic rings. The Balaban J connectivity index is 1.20. The second kappa shape index (κ2) is 9.59. The summed E-state index contributed by atoms with van der Waals surface area (Å²) >= 11 is 0. The van der Waals surface area contributed by atoms with E-state index in [0.29, 0.717) is 17.4 Å². The van der Waals surface area contributed by atoms with E-state index < -0.39 is 0 Å². The molecule has 0 aliphatic heterocycles. The van der Waals surface area contributed by atoms with Crippen molar-refractivity contribution in [3.05, 3.63) is 71.8 Å². The molecule has 3 aromatic heterocycles. The lowest BCUT2D eigenvalue weighted by Crippen LogP contribution is -2.16. The van der Waals surface area contributed by atoms with E-state index in [1.54, 1.807) is 6.20 Å². The van der Waals surface area contributed by atoms with Gasteiger partial charge in [0, 0.05) is 24.1 Å². The number of carbonyl (C=O) groups excluding carboxylic acids is 1. The van der Waals surface area contributed by atoms with Crippen LogP contribution in [-0.2, 0) is 17.8 Å². The average molecular weight is 456 g/mol. The van der Waals surface area contributed by atoms with Gasteiger partial charge in [-0.3, -0.25) is 14.5 Å². The zero-order valence-corrected chi connectivity index (χ0v) is 19.5. The molecule has 4 aromatic rings. The summed E-state index contributed by atoms with van der Waals surface area (Å²) in [6, 6.07) is 11.9. The van der Waals surface area contributed by atoms with Gasteiger partial charge in [-0.1, -0.05) is 24.6 Å². The maximum Gasteiger partial charge on any atom is 0.230 e. The molecule has 1 aromatic carbocycles. The van der Waals surface area contributed by atoms with Crippen LogP contribution < -0.4 is 10.6 Å². The van der Waals surface area contributed by atoms with Crippen LogP contribution in [0.15, 0.2) is 55.0 Å². The molecule has 3 heterocycles. The van der Waals surface area contributed by atoms with Crippen molar-refractivity contribution in [2.75, 3.05) is 10.6 Å². The van der Waals surface area contributed by atoms with E-state index in [-0.39, 0.29) is 18.4 Å². The Bertz CT molecular complexity index is 1290. The maximum absolute atomic E-state index is 12.6. The van der Waals surface area contributed by atoms with Crippen LogP contribution in [0.5, 0.6) is 0 Å². The van der Waals surface area contributed by atoms with Crippen molar-refractivity contribution in [3.63, 3.8) is 0 Å². The molecule has 1 saturated carbocycles. The standard InChI is InChI=1S/C26H29N7O/c1-3-33-16-23-26(32-33)31-24(15-28-23)29-17(2)19-8-5-9-22(12-19)30-25(34)13-21-11-10-20(14-27-21)18-6-4-7-18/h5,8-12,14-18H,3-4,6-7,13H2,1-2H3,(H,30,34)(H,29,31,32)/t17-/m0/s1. The van der Waals surface area contributed by atoms with Crippen molar-refractivity contribution in [1.82, 2.24) is 24.7 Å². The molecule has 5 rings (SSSR count). The molecule has 0 saturated heterocycles. The van der Waals surface area contributed by atoms with Crippen molar-refractivity contribution >= 4 is 28.6 Å². The zero-order valence-electron chi connectivity index (χ0n) is 19.5. The molecule has 1 atom stereocenters. The molecular weight excluding hydrogens is 426 g/mol. The van der Waals surface area contributed by atoms with Crippen LogP contribution in [0.3, 0.4) is 0 Å². The molecule has 34 heavy (non-hydrogen) atoms. The highest BCUT2D eigenvalue weighted by Crippen LogP contribution is 2.35. The number of aromatic nitrogens is 5. The van der Waals surface area contributed by atoms with E-state index >= 15 is 0 Å². The molecular formula is C26H29N7O. The van der Waals surface area contributed by atoms with Crippen LogP contribution in [0.1, 0.15) is 61.9 Å². The largest absolute Gasteiger partial charge is 0.362 e. The normalized spacial score (nSPS) is 14.5. The summed E-state index contributed by atoms with van der Waals surface area (Å²) < 4.78 is 1.82. The molecule has 0 bridgehead atoms. The van der Waals surface area contributed by atoms with Crippen LogP contribution in [0.25, 0.3) is 11.2 Å². The summed E-state index contributed by atoms with van der Waals surface area (Å²) in [7, 11) is 0. The van der Waals surface area contributed by atoms with Crippen molar-refractivity contribution in [1.29, 1.82) is 0 Å². The first-order valence-corrected chi connectivity index (χ1v) is 11.9. The third kappa shape index (κ3) is 4.90. The first kappa shape index (κ1) is 22.0. The first-order valence-electron chi connectivity index (χ1n) is 11.9. The molecule has 8 heteroatoms. The van der Waals surface area contributed by atoms with E-state index in [4.69, 9.17) is 0 Å². The number of aryl methyl sites for hydroxylation is 1. The molecule has 174 valence electrons. The SMILES string of the molecule is CCn1cc2ncc(N[C@@H](C)c3cccc(NC(=O)Cc4ccc(C5CCC5)cn4)c3)nc2n1. The Morgan fingerprint density at radius 1 is 1.18 bits per heavy atom. The second-order valence-corrected chi connectivity index (χ2v) is 8.88. The lowest BCUT2D eigenvalue weighted by atomic mass is 9.81. The summed E-state index contributed by atoms with van der Waals surface area (Å²) in [5.74, 6) is 1.23. The summed E-state index contributed by atoms with van der Waals surface area (Å²) in [6.45, 7) is 4.85. The molecule has 0 unspecified atom stereocenters. The fourth-order valence-electron chi connectivity index (χ4n) is 4.16. The summed E-state index contributed by atoms with van der Waals surface area (Å²) in [5.41, 5.74) is 5.25.